The summed E-state index contributed by atoms with van der Waals surface area (Å²) in [6, 6.07) is 15.5. The van der Waals surface area contributed by atoms with Gasteiger partial charge in [-0.15, -0.1) is 10.2 Å². The van der Waals surface area contributed by atoms with E-state index in [2.05, 4.69) is 10.2 Å². The molecule has 28 heavy (non-hydrogen) atoms. The first-order valence-corrected chi connectivity index (χ1v) is 8.76. The van der Waals surface area contributed by atoms with Gasteiger partial charge < -0.3 is 9.15 Å². The first kappa shape index (κ1) is 19.2. The number of nitrogens with zero attached hydrogens (tertiary/aromatic N) is 3. The number of rotatable bonds is 7. The second-order valence-corrected chi connectivity index (χ2v) is 6.40. The monoisotopic (exact) mass is 381 g/mol. The molecular weight excluding hydrogens is 362 g/mol. The highest BCUT2D eigenvalue weighted by molar-refractivity contribution is 5.70. The number of carbonyl (C=O) groups excluding carboxylic acids is 1. The van der Waals surface area contributed by atoms with Gasteiger partial charge in [0.1, 0.15) is 0 Å². The maximum atomic E-state index is 12.2. The van der Waals surface area contributed by atoms with E-state index in [9.17, 15) is 14.9 Å². The fraction of sp³-hybridized carbons (Fsp3) is 0.250. The Labute approximate surface area is 161 Å². The van der Waals surface area contributed by atoms with Crippen LogP contribution in [-0.2, 0) is 9.53 Å². The number of esters is 1. The lowest BCUT2D eigenvalue weighted by Gasteiger charge is -2.13. The van der Waals surface area contributed by atoms with Gasteiger partial charge >= 0.3 is 5.97 Å². The van der Waals surface area contributed by atoms with Crippen molar-refractivity contribution in [2.24, 2.45) is 0 Å². The molecule has 8 heteroatoms. The van der Waals surface area contributed by atoms with E-state index in [0.29, 0.717) is 5.56 Å². The molecule has 144 valence electrons. The Morgan fingerprint density at radius 1 is 1.11 bits per heavy atom. The van der Waals surface area contributed by atoms with Gasteiger partial charge in [-0.25, -0.2) is 0 Å². The number of aromatic nitrogens is 2. The summed E-state index contributed by atoms with van der Waals surface area (Å²) in [6.45, 7) is 3.61. The predicted octanol–water partition coefficient (Wildman–Crippen LogP) is 4.44. The number of nitro groups is 1. The Kier molecular flexibility index (Phi) is 5.78. The summed E-state index contributed by atoms with van der Waals surface area (Å²) in [5.74, 6) is 0.0257. The van der Waals surface area contributed by atoms with Gasteiger partial charge in [0, 0.05) is 17.7 Å². The molecule has 1 heterocycles. The average Bonchev–Trinajstić information content (AvgIpc) is 3.19. The van der Waals surface area contributed by atoms with E-state index in [1.807, 2.05) is 37.3 Å². The van der Waals surface area contributed by atoms with Crippen LogP contribution in [-0.4, -0.2) is 21.1 Å². The highest BCUT2D eigenvalue weighted by Crippen LogP contribution is 2.25. The minimum Gasteiger partial charge on any atom is -0.453 e. The number of hydrogen-bond acceptors (Lipinski definition) is 7. The molecule has 3 rings (SSSR count). The van der Waals surface area contributed by atoms with E-state index in [1.165, 1.54) is 24.3 Å². The molecule has 0 spiro atoms. The molecule has 0 amide bonds. The Bertz CT molecular complexity index is 953. The normalized spacial score (nSPS) is 12.9. The van der Waals surface area contributed by atoms with Crippen molar-refractivity contribution in [3.05, 3.63) is 76.2 Å². The first-order valence-electron chi connectivity index (χ1n) is 8.76. The molecule has 1 aromatic heterocycles. The molecule has 2 aromatic carbocycles. The van der Waals surface area contributed by atoms with Crippen LogP contribution in [0.15, 0.2) is 59.0 Å². The van der Waals surface area contributed by atoms with Crippen LogP contribution in [0.4, 0.5) is 5.69 Å². The van der Waals surface area contributed by atoms with Crippen LogP contribution in [0.2, 0.25) is 0 Å². The van der Waals surface area contributed by atoms with E-state index in [0.717, 1.165) is 5.56 Å². The molecule has 0 bridgehead atoms. The SMILES string of the molecule is C[C@@H](CC(=O)O[C@H](C)c1nnc(-c2ccc([N+](=O)[O-])cc2)o1)c1ccccc1. The van der Waals surface area contributed by atoms with E-state index in [-0.39, 0.29) is 35.8 Å². The fourth-order valence-electron chi connectivity index (χ4n) is 2.69. The Balaban J connectivity index is 1.61. The molecule has 0 unspecified atom stereocenters. The fourth-order valence-corrected chi connectivity index (χ4v) is 2.69. The highest BCUT2D eigenvalue weighted by Gasteiger charge is 2.21. The maximum absolute atomic E-state index is 12.2. The molecule has 8 nitrogen and oxygen atoms in total. The molecule has 0 radical (unpaired) electrons. The zero-order valence-electron chi connectivity index (χ0n) is 15.4. The maximum Gasteiger partial charge on any atom is 0.307 e. The minimum absolute atomic E-state index is 0.0271. The van der Waals surface area contributed by atoms with Crippen molar-refractivity contribution in [2.75, 3.05) is 0 Å². The first-order chi connectivity index (χ1) is 13.4. The van der Waals surface area contributed by atoms with Crippen LogP contribution in [0.5, 0.6) is 0 Å². The topological polar surface area (TPSA) is 108 Å². The summed E-state index contributed by atoms with van der Waals surface area (Å²) in [5, 5.41) is 18.6. The second-order valence-electron chi connectivity index (χ2n) is 6.40. The minimum atomic E-state index is -0.699. The molecule has 2 atom stereocenters. The van der Waals surface area contributed by atoms with Crippen molar-refractivity contribution in [3.8, 4) is 11.5 Å². The highest BCUT2D eigenvalue weighted by atomic mass is 16.6. The zero-order chi connectivity index (χ0) is 20.1. The number of hydrogen-bond donors (Lipinski definition) is 0. The van der Waals surface area contributed by atoms with Gasteiger partial charge in [0.15, 0.2) is 6.10 Å². The van der Waals surface area contributed by atoms with E-state index in [4.69, 9.17) is 9.15 Å². The molecule has 0 saturated heterocycles. The van der Waals surface area contributed by atoms with E-state index < -0.39 is 11.0 Å². The van der Waals surface area contributed by atoms with Crippen LogP contribution in [0.1, 0.15) is 43.7 Å². The number of ether oxygens (including phenoxy) is 1. The lowest BCUT2D eigenvalue weighted by Crippen LogP contribution is -2.12. The van der Waals surface area contributed by atoms with Crippen molar-refractivity contribution >= 4 is 11.7 Å². The Morgan fingerprint density at radius 2 is 1.79 bits per heavy atom. The van der Waals surface area contributed by atoms with Crippen LogP contribution in [0.25, 0.3) is 11.5 Å². The molecule has 0 N–H and O–H groups in total. The van der Waals surface area contributed by atoms with E-state index in [1.54, 1.807) is 6.92 Å². The van der Waals surface area contributed by atoms with Crippen molar-refractivity contribution in [3.63, 3.8) is 0 Å². The lowest BCUT2D eigenvalue weighted by molar-refractivity contribution is -0.384. The summed E-state index contributed by atoms with van der Waals surface area (Å²) in [6.07, 6.45) is -0.465. The van der Waals surface area contributed by atoms with Crippen LogP contribution in [0, 0.1) is 10.1 Å². The molecule has 0 saturated carbocycles. The summed E-state index contributed by atoms with van der Waals surface area (Å²) in [4.78, 5) is 22.4. The largest absolute Gasteiger partial charge is 0.453 e. The van der Waals surface area contributed by atoms with Gasteiger partial charge in [0.25, 0.3) is 11.6 Å². The molecule has 0 aliphatic heterocycles. The van der Waals surface area contributed by atoms with Crippen LogP contribution >= 0.6 is 0 Å². The number of benzene rings is 2. The third-order valence-electron chi connectivity index (χ3n) is 4.26. The number of carbonyl (C=O) groups is 1. The van der Waals surface area contributed by atoms with E-state index >= 15 is 0 Å². The zero-order valence-corrected chi connectivity index (χ0v) is 15.4. The van der Waals surface area contributed by atoms with Gasteiger partial charge in [0.2, 0.25) is 5.89 Å². The Morgan fingerprint density at radius 3 is 2.43 bits per heavy atom. The van der Waals surface area contributed by atoms with Gasteiger partial charge in [-0.05, 0) is 30.5 Å². The van der Waals surface area contributed by atoms with Crippen molar-refractivity contribution in [1.82, 2.24) is 10.2 Å². The van der Waals surface area contributed by atoms with Crippen molar-refractivity contribution < 1.29 is 18.9 Å². The predicted molar refractivity (Wildman–Crippen MR) is 100 cm³/mol. The third-order valence-corrected chi connectivity index (χ3v) is 4.26. The van der Waals surface area contributed by atoms with Crippen LogP contribution in [0.3, 0.4) is 0 Å². The standard InChI is InChI=1S/C20H19N3O5/c1-13(15-6-4-3-5-7-15)12-18(24)27-14(2)19-21-22-20(28-19)16-8-10-17(11-9-16)23(25)26/h3-11,13-14H,12H2,1-2H3/t13-,14+/m0/s1. The van der Waals surface area contributed by atoms with Crippen molar-refractivity contribution in [1.29, 1.82) is 0 Å². The number of nitro benzene ring substituents is 1. The molecule has 0 aliphatic carbocycles. The van der Waals surface area contributed by atoms with Crippen molar-refractivity contribution in [2.45, 2.75) is 32.3 Å². The average molecular weight is 381 g/mol. The smallest absolute Gasteiger partial charge is 0.307 e. The third kappa shape index (κ3) is 4.59. The Hall–Kier alpha value is -3.55. The van der Waals surface area contributed by atoms with Crippen LogP contribution < -0.4 is 0 Å². The molecule has 0 fully saturated rings. The quantitative estimate of drug-likeness (QED) is 0.338. The summed E-state index contributed by atoms with van der Waals surface area (Å²) >= 11 is 0. The summed E-state index contributed by atoms with van der Waals surface area (Å²) in [5.41, 5.74) is 1.57. The van der Waals surface area contributed by atoms with Gasteiger partial charge in [0.05, 0.1) is 11.3 Å². The second kappa shape index (κ2) is 8.43. The molecular formula is C20H19N3O5. The van der Waals surface area contributed by atoms with Gasteiger partial charge in [-0.3, -0.25) is 14.9 Å². The summed E-state index contributed by atoms with van der Waals surface area (Å²) in [7, 11) is 0. The number of non-ortho nitro benzene ring substituents is 1. The molecule has 0 aliphatic rings. The molecule has 3 aromatic rings. The summed E-state index contributed by atoms with van der Waals surface area (Å²) < 4.78 is 11.0. The lowest BCUT2D eigenvalue weighted by atomic mass is 9.98. The van der Waals surface area contributed by atoms with Gasteiger partial charge in [-0.2, -0.15) is 0 Å². The van der Waals surface area contributed by atoms with Gasteiger partial charge in [-0.1, -0.05) is 37.3 Å².